The Hall–Kier alpha value is -1.65. The number of ether oxygens (including phenoxy) is 1. The van der Waals surface area contributed by atoms with E-state index in [2.05, 4.69) is 11.4 Å². The molecule has 0 saturated carbocycles. The van der Waals surface area contributed by atoms with Crippen LogP contribution < -0.4 is 5.32 Å². The second-order valence-electron chi connectivity index (χ2n) is 4.28. The summed E-state index contributed by atoms with van der Waals surface area (Å²) in [5, 5.41) is 4.89. The Morgan fingerprint density at radius 3 is 2.74 bits per heavy atom. The molecule has 1 N–H and O–H groups in total. The first-order valence-corrected chi connectivity index (χ1v) is 7.05. The summed E-state index contributed by atoms with van der Waals surface area (Å²) >= 11 is 1.66. The number of carbonyl (C=O) groups excluding carboxylic acids is 1. The number of rotatable bonds is 6. The highest BCUT2D eigenvalue weighted by molar-refractivity contribution is 7.10. The summed E-state index contributed by atoms with van der Waals surface area (Å²) in [5.41, 5.74) is 2.29. The molecule has 1 amide bonds. The van der Waals surface area contributed by atoms with Crippen molar-refractivity contribution in [2.75, 3.05) is 6.61 Å². The molecule has 2 aromatic rings. The Kier molecular flexibility index (Phi) is 5.12. The molecule has 2 rings (SSSR count). The molecule has 0 bridgehead atoms. The SMILES string of the molecule is Cc1ccsc1CNC(=O)COCc1ccccc1. The molecule has 0 saturated heterocycles. The van der Waals surface area contributed by atoms with Gasteiger partial charge in [-0.25, -0.2) is 0 Å². The molecule has 0 spiro atoms. The summed E-state index contributed by atoms with van der Waals surface area (Å²) in [5.74, 6) is -0.0799. The number of thiophene rings is 1. The predicted octanol–water partition coefficient (Wildman–Crippen LogP) is 2.89. The maximum Gasteiger partial charge on any atom is 0.246 e. The van der Waals surface area contributed by atoms with E-state index >= 15 is 0 Å². The number of hydrogen-bond donors (Lipinski definition) is 1. The molecule has 19 heavy (non-hydrogen) atoms. The molecular formula is C15H17NO2S. The summed E-state index contributed by atoms with van der Waals surface area (Å²) in [6, 6.07) is 11.9. The molecule has 0 aliphatic rings. The van der Waals surface area contributed by atoms with Crippen LogP contribution in [0.3, 0.4) is 0 Å². The van der Waals surface area contributed by atoms with E-state index in [-0.39, 0.29) is 12.5 Å². The van der Waals surface area contributed by atoms with Gasteiger partial charge in [-0.1, -0.05) is 30.3 Å². The Labute approximate surface area is 117 Å². The lowest BCUT2D eigenvalue weighted by atomic mass is 10.2. The molecule has 4 heteroatoms. The number of carbonyl (C=O) groups is 1. The van der Waals surface area contributed by atoms with Crippen LogP contribution in [-0.4, -0.2) is 12.5 Å². The molecule has 100 valence electrons. The van der Waals surface area contributed by atoms with Crippen LogP contribution in [0, 0.1) is 6.92 Å². The van der Waals surface area contributed by atoms with Crippen LogP contribution >= 0.6 is 11.3 Å². The zero-order chi connectivity index (χ0) is 13.5. The van der Waals surface area contributed by atoms with Crippen molar-refractivity contribution in [2.24, 2.45) is 0 Å². The molecule has 0 aliphatic carbocycles. The van der Waals surface area contributed by atoms with Crippen molar-refractivity contribution < 1.29 is 9.53 Å². The summed E-state index contributed by atoms with van der Waals surface area (Å²) < 4.78 is 5.37. The van der Waals surface area contributed by atoms with E-state index in [1.54, 1.807) is 11.3 Å². The fraction of sp³-hybridized carbons (Fsp3) is 0.267. The maximum atomic E-state index is 11.6. The van der Waals surface area contributed by atoms with E-state index in [1.165, 1.54) is 10.4 Å². The highest BCUT2D eigenvalue weighted by atomic mass is 32.1. The minimum Gasteiger partial charge on any atom is -0.367 e. The van der Waals surface area contributed by atoms with Gasteiger partial charge in [-0.2, -0.15) is 0 Å². The second-order valence-corrected chi connectivity index (χ2v) is 5.28. The van der Waals surface area contributed by atoms with Gasteiger partial charge in [0.15, 0.2) is 0 Å². The Morgan fingerprint density at radius 1 is 1.26 bits per heavy atom. The van der Waals surface area contributed by atoms with E-state index in [1.807, 2.05) is 42.6 Å². The van der Waals surface area contributed by atoms with E-state index < -0.39 is 0 Å². The van der Waals surface area contributed by atoms with Gasteiger partial charge in [0.2, 0.25) is 5.91 Å². The molecule has 3 nitrogen and oxygen atoms in total. The van der Waals surface area contributed by atoms with E-state index in [9.17, 15) is 4.79 Å². The van der Waals surface area contributed by atoms with Gasteiger partial charge in [-0.15, -0.1) is 11.3 Å². The third-order valence-corrected chi connectivity index (χ3v) is 3.78. The molecular weight excluding hydrogens is 258 g/mol. The molecule has 0 atom stereocenters. The van der Waals surface area contributed by atoms with Crippen LogP contribution in [0.15, 0.2) is 41.8 Å². The topological polar surface area (TPSA) is 38.3 Å². The lowest BCUT2D eigenvalue weighted by Crippen LogP contribution is -2.26. The maximum absolute atomic E-state index is 11.6. The Bertz CT molecular complexity index is 522. The van der Waals surface area contributed by atoms with Crippen LogP contribution in [-0.2, 0) is 22.7 Å². The van der Waals surface area contributed by atoms with Gasteiger partial charge < -0.3 is 10.1 Å². The lowest BCUT2D eigenvalue weighted by Gasteiger charge is -2.06. The van der Waals surface area contributed by atoms with E-state index in [4.69, 9.17) is 4.74 Å². The van der Waals surface area contributed by atoms with Gasteiger partial charge in [-0.3, -0.25) is 4.79 Å². The van der Waals surface area contributed by atoms with Gasteiger partial charge in [0.05, 0.1) is 13.2 Å². The summed E-state index contributed by atoms with van der Waals surface area (Å²) in [6.45, 7) is 3.19. The quantitative estimate of drug-likeness (QED) is 0.880. The monoisotopic (exact) mass is 275 g/mol. The average Bonchev–Trinajstić information content (AvgIpc) is 2.83. The minimum atomic E-state index is -0.0799. The van der Waals surface area contributed by atoms with Crippen molar-refractivity contribution in [1.82, 2.24) is 5.32 Å². The second kappa shape index (κ2) is 7.07. The zero-order valence-electron chi connectivity index (χ0n) is 10.9. The molecule has 1 aromatic carbocycles. The summed E-state index contributed by atoms with van der Waals surface area (Å²) in [4.78, 5) is 12.8. The zero-order valence-corrected chi connectivity index (χ0v) is 11.7. The van der Waals surface area contributed by atoms with Gasteiger partial charge in [-0.05, 0) is 29.5 Å². The third-order valence-electron chi connectivity index (χ3n) is 2.76. The third kappa shape index (κ3) is 4.50. The van der Waals surface area contributed by atoms with Crippen LogP contribution in [0.25, 0.3) is 0 Å². The van der Waals surface area contributed by atoms with E-state index in [0.717, 1.165) is 5.56 Å². The summed E-state index contributed by atoms with van der Waals surface area (Å²) in [6.07, 6.45) is 0. The first-order chi connectivity index (χ1) is 9.25. The van der Waals surface area contributed by atoms with E-state index in [0.29, 0.717) is 13.2 Å². The highest BCUT2D eigenvalue weighted by Gasteiger charge is 2.04. The van der Waals surface area contributed by atoms with Crippen LogP contribution in [0.2, 0.25) is 0 Å². The highest BCUT2D eigenvalue weighted by Crippen LogP contribution is 2.14. The van der Waals surface area contributed by atoms with Crippen LogP contribution in [0.1, 0.15) is 16.0 Å². The fourth-order valence-electron chi connectivity index (χ4n) is 1.65. The van der Waals surface area contributed by atoms with Gasteiger partial charge in [0, 0.05) is 4.88 Å². The largest absolute Gasteiger partial charge is 0.367 e. The molecule has 0 fully saturated rings. The Morgan fingerprint density at radius 2 is 2.05 bits per heavy atom. The van der Waals surface area contributed by atoms with Crippen molar-refractivity contribution in [3.05, 3.63) is 57.8 Å². The number of nitrogens with one attached hydrogen (secondary N) is 1. The van der Waals surface area contributed by atoms with Crippen molar-refractivity contribution in [2.45, 2.75) is 20.1 Å². The van der Waals surface area contributed by atoms with Gasteiger partial charge in [0.25, 0.3) is 0 Å². The number of hydrogen-bond acceptors (Lipinski definition) is 3. The van der Waals surface area contributed by atoms with Gasteiger partial charge in [0.1, 0.15) is 6.61 Å². The van der Waals surface area contributed by atoms with Crippen molar-refractivity contribution in [3.8, 4) is 0 Å². The Balaban J connectivity index is 1.66. The first-order valence-electron chi connectivity index (χ1n) is 6.17. The molecule has 1 aromatic heterocycles. The fourth-order valence-corrected chi connectivity index (χ4v) is 2.50. The summed E-state index contributed by atoms with van der Waals surface area (Å²) in [7, 11) is 0. The predicted molar refractivity (Wildman–Crippen MR) is 77.0 cm³/mol. The first kappa shape index (κ1) is 13.8. The van der Waals surface area contributed by atoms with Crippen LogP contribution in [0.4, 0.5) is 0 Å². The number of aryl methyl sites for hydroxylation is 1. The number of amides is 1. The molecule has 0 aliphatic heterocycles. The molecule has 0 radical (unpaired) electrons. The van der Waals surface area contributed by atoms with Crippen molar-refractivity contribution in [3.63, 3.8) is 0 Å². The van der Waals surface area contributed by atoms with Crippen molar-refractivity contribution >= 4 is 17.2 Å². The minimum absolute atomic E-state index is 0.0799. The molecule has 0 unspecified atom stereocenters. The van der Waals surface area contributed by atoms with Crippen LogP contribution in [0.5, 0.6) is 0 Å². The average molecular weight is 275 g/mol. The smallest absolute Gasteiger partial charge is 0.246 e. The van der Waals surface area contributed by atoms with Gasteiger partial charge >= 0.3 is 0 Å². The number of benzene rings is 1. The normalized spacial score (nSPS) is 10.4. The molecule has 1 heterocycles. The van der Waals surface area contributed by atoms with Crippen molar-refractivity contribution in [1.29, 1.82) is 0 Å². The standard InChI is InChI=1S/C15H17NO2S/c1-12-7-8-19-14(12)9-16-15(17)11-18-10-13-5-3-2-4-6-13/h2-8H,9-11H2,1H3,(H,16,17). The lowest BCUT2D eigenvalue weighted by molar-refractivity contribution is -0.126.